The smallest absolute Gasteiger partial charge is 0.139 e. The highest BCUT2D eigenvalue weighted by Gasteiger charge is 2.70. The van der Waals surface area contributed by atoms with Crippen molar-refractivity contribution in [3.05, 3.63) is 0 Å². The highest BCUT2D eigenvalue weighted by Crippen LogP contribution is 2.67. The summed E-state index contributed by atoms with van der Waals surface area (Å²) in [6, 6.07) is 0.745. The van der Waals surface area contributed by atoms with Gasteiger partial charge in [0.15, 0.2) is 0 Å². The normalized spacial score (nSPS) is 50.2. The molecule has 0 bridgehead atoms. The van der Waals surface area contributed by atoms with Crippen LogP contribution in [0.2, 0.25) is 0 Å². The topological polar surface area (TPSA) is 56.4 Å². The van der Waals surface area contributed by atoms with Gasteiger partial charge in [0.2, 0.25) is 0 Å². The maximum absolute atomic E-state index is 14.0. The molecule has 1 spiro atoms. The van der Waals surface area contributed by atoms with Crippen molar-refractivity contribution in [2.45, 2.75) is 108 Å². The molecular weight excluding hydrogens is 420 g/mol. The average molecular weight is 469 g/mol. The first kappa shape index (κ1) is 22.7. The number of nitrogens with zero attached hydrogens (tertiary/aromatic N) is 1. The molecule has 34 heavy (non-hydrogen) atoms. The Morgan fingerprint density at radius 2 is 1.24 bits per heavy atom. The molecular formula is C29H48N4O. The van der Waals surface area contributed by atoms with Crippen LogP contribution in [0.4, 0.5) is 0 Å². The summed E-state index contributed by atoms with van der Waals surface area (Å²) in [4.78, 5) is 17.0. The van der Waals surface area contributed by atoms with Crippen LogP contribution in [-0.4, -0.2) is 55.2 Å². The predicted octanol–water partition coefficient (Wildman–Crippen LogP) is 3.89. The van der Waals surface area contributed by atoms with Crippen molar-refractivity contribution in [1.82, 2.24) is 20.9 Å². The van der Waals surface area contributed by atoms with Crippen LogP contribution < -0.4 is 16.0 Å². The largest absolute Gasteiger partial charge is 0.316 e. The zero-order valence-electron chi connectivity index (χ0n) is 21.3. The number of likely N-dealkylation sites (tertiary alicyclic amines) is 1. The summed E-state index contributed by atoms with van der Waals surface area (Å²) in [5.41, 5.74) is 0.332. The van der Waals surface area contributed by atoms with Gasteiger partial charge < -0.3 is 16.0 Å². The van der Waals surface area contributed by atoms with E-state index in [1.165, 1.54) is 96.6 Å². The van der Waals surface area contributed by atoms with Crippen molar-refractivity contribution in [3.63, 3.8) is 0 Å². The minimum Gasteiger partial charge on any atom is -0.316 e. The number of carbonyl (C=O) groups is 1. The van der Waals surface area contributed by atoms with E-state index in [-0.39, 0.29) is 0 Å². The summed E-state index contributed by atoms with van der Waals surface area (Å²) in [5.74, 6) is 4.00. The Morgan fingerprint density at radius 3 is 1.97 bits per heavy atom. The van der Waals surface area contributed by atoms with Crippen molar-refractivity contribution in [3.8, 4) is 0 Å². The molecule has 7 fully saturated rings. The molecule has 0 amide bonds. The number of nitrogens with one attached hydrogen (secondary N) is 3. The molecule has 4 aliphatic heterocycles. The second-order valence-electron chi connectivity index (χ2n) is 13.1. The van der Waals surface area contributed by atoms with E-state index < -0.39 is 0 Å². The Labute approximate surface area is 206 Å². The molecule has 3 saturated carbocycles. The van der Waals surface area contributed by atoms with Crippen molar-refractivity contribution < 1.29 is 4.79 Å². The van der Waals surface area contributed by atoms with Crippen molar-refractivity contribution in [2.75, 3.05) is 26.2 Å². The van der Waals surface area contributed by atoms with Gasteiger partial charge in [0, 0.05) is 17.9 Å². The molecule has 3 aliphatic carbocycles. The van der Waals surface area contributed by atoms with E-state index in [1.807, 2.05) is 0 Å². The van der Waals surface area contributed by atoms with Crippen molar-refractivity contribution >= 4 is 5.78 Å². The molecule has 4 saturated heterocycles. The van der Waals surface area contributed by atoms with Gasteiger partial charge in [0.25, 0.3) is 0 Å². The molecule has 0 aromatic heterocycles. The predicted molar refractivity (Wildman–Crippen MR) is 135 cm³/mol. The minimum absolute atomic E-state index is 0.326. The molecule has 5 nitrogen and oxygen atoms in total. The number of carbonyl (C=O) groups excluding carboxylic acids is 1. The van der Waals surface area contributed by atoms with Gasteiger partial charge >= 0.3 is 0 Å². The molecule has 0 aromatic carbocycles. The van der Waals surface area contributed by atoms with Crippen LogP contribution in [0.1, 0.15) is 89.9 Å². The van der Waals surface area contributed by atoms with Crippen LogP contribution in [0.25, 0.3) is 0 Å². The number of fused-ring (bicyclic) bond motifs is 8. The Hall–Kier alpha value is -0.490. The fourth-order valence-electron chi connectivity index (χ4n) is 11.1. The van der Waals surface area contributed by atoms with Crippen LogP contribution in [-0.2, 0) is 4.79 Å². The van der Waals surface area contributed by atoms with Gasteiger partial charge in [-0.3, -0.25) is 9.69 Å². The van der Waals surface area contributed by atoms with E-state index in [9.17, 15) is 4.79 Å². The molecule has 8 unspecified atom stereocenters. The molecule has 3 N–H and O–H groups in total. The van der Waals surface area contributed by atoms with Crippen molar-refractivity contribution in [1.29, 1.82) is 0 Å². The van der Waals surface area contributed by atoms with Gasteiger partial charge in [-0.2, -0.15) is 0 Å². The lowest BCUT2D eigenvalue weighted by Crippen LogP contribution is -2.80. The maximum atomic E-state index is 14.0. The second-order valence-corrected chi connectivity index (χ2v) is 13.1. The summed E-state index contributed by atoms with van der Waals surface area (Å²) in [7, 11) is 0. The molecule has 7 rings (SSSR count). The number of Topliss-reactive ketones (excluding diaryl/α,β-unsaturated/α-hetero) is 1. The van der Waals surface area contributed by atoms with Gasteiger partial charge in [0.1, 0.15) is 5.78 Å². The Bertz CT molecular complexity index is 713. The lowest BCUT2D eigenvalue weighted by Gasteiger charge is -2.72. The molecule has 0 radical (unpaired) electrons. The number of hydrogen-bond donors (Lipinski definition) is 3. The Morgan fingerprint density at radius 1 is 0.618 bits per heavy atom. The fraction of sp³-hybridized carbons (Fsp3) is 0.966. The summed E-state index contributed by atoms with van der Waals surface area (Å²) in [5, 5.41) is 12.1. The SMILES string of the molecule is O=C1C2CCCCC2C2(C3CNCCC13)C1CCCNC1N(C1CCCCC1)C1NCCCC12. The molecule has 4 heterocycles. The monoisotopic (exact) mass is 468 g/mol. The third-order valence-electron chi connectivity index (χ3n) is 12.0. The number of hydrogen-bond acceptors (Lipinski definition) is 5. The fourth-order valence-corrected chi connectivity index (χ4v) is 11.1. The van der Waals surface area contributed by atoms with Crippen LogP contribution in [0.5, 0.6) is 0 Å². The van der Waals surface area contributed by atoms with Crippen molar-refractivity contribution in [2.24, 2.45) is 40.9 Å². The average Bonchev–Trinajstić information content (AvgIpc) is 2.91. The third-order valence-corrected chi connectivity index (χ3v) is 12.0. The van der Waals surface area contributed by atoms with Gasteiger partial charge in [-0.15, -0.1) is 0 Å². The quantitative estimate of drug-likeness (QED) is 0.545. The van der Waals surface area contributed by atoms with E-state index in [2.05, 4.69) is 20.9 Å². The van der Waals surface area contributed by atoms with Crippen LogP contribution in [0.3, 0.4) is 0 Å². The Kier molecular flexibility index (Phi) is 6.08. The summed E-state index contributed by atoms with van der Waals surface area (Å²) < 4.78 is 0. The summed E-state index contributed by atoms with van der Waals surface area (Å²) >= 11 is 0. The third kappa shape index (κ3) is 3.22. The molecule has 7 aliphatic rings. The number of rotatable bonds is 1. The van der Waals surface area contributed by atoms with E-state index >= 15 is 0 Å². The Balaban J connectivity index is 1.38. The zero-order chi connectivity index (χ0) is 22.7. The molecule has 5 heteroatoms. The first-order valence-corrected chi connectivity index (χ1v) is 15.3. The number of piperidine rings is 4. The standard InChI is InChI=1S/C29H48N4O/c34-26-20-10-4-5-11-22(20)29(25-18-30-17-14-21(25)26)23-12-6-15-31-27(23)33(19-8-2-1-3-9-19)28-24(29)13-7-16-32-28/h19-25,27-28,30-32H,1-18H2. The molecule has 0 aromatic rings. The molecule has 8 atom stereocenters. The second kappa shape index (κ2) is 9.11. The highest BCUT2D eigenvalue weighted by atomic mass is 16.1. The maximum Gasteiger partial charge on any atom is 0.139 e. The van der Waals surface area contributed by atoms with Crippen LogP contribution in [0, 0.1) is 40.9 Å². The highest BCUT2D eigenvalue weighted by molar-refractivity contribution is 5.85. The van der Waals surface area contributed by atoms with Gasteiger partial charge in [-0.05, 0) is 113 Å². The van der Waals surface area contributed by atoms with Gasteiger partial charge in [-0.25, -0.2) is 0 Å². The van der Waals surface area contributed by atoms with E-state index in [4.69, 9.17) is 0 Å². The number of ketones is 1. The summed E-state index contributed by atoms with van der Waals surface area (Å²) in [6.45, 7) is 4.50. The zero-order valence-corrected chi connectivity index (χ0v) is 21.3. The first-order chi connectivity index (χ1) is 16.8. The molecule has 190 valence electrons. The van der Waals surface area contributed by atoms with E-state index in [0.717, 1.165) is 37.4 Å². The van der Waals surface area contributed by atoms with Crippen LogP contribution >= 0.6 is 0 Å². The lowest BCUT2D eigenvalue weighted by molar-refractivity contribution is -0.243. The van der Waals surface area contributed by atoms with Gasteiger partial charge in [-0.1, -0.05) is 32.1 Å². The first-order valence-electron chi connectivity index (χ1n) is 15.3. The van der Waals surface area contributed by atoms with E-state index in [0.29, 0.717) is 47.2 Å². The lowest BCUT2D eigenvalue weighted by atomic mass is 9.38. The minimum atomic E-state index is 0.326. The van der Waals surface area contributed by atoms with Crippen LogP contribution in [0.15, 0.2) is 0 Å². The van der Waals surface area contributed by atoms with Gasteiger partial charge in [0.05, 0.1) is 12.3 Å². The van der Waals surface area contributed by atoms with E-state index in [1.54, 1.807) is 0 Å². The summed E-state index contributed by atoms with van der Waals surface area (Å²) in [6.07, 6.45) is 19.7.